The number of hydrogen-bond acceptors (Lipinski definition) is 5. The predicted molar refractivity (Wildman–Crippen MR) is 66.7 cm³/mol. The van der Waals surface area contributed by atoms with Crippen LogP contribution in [0.5, 0.6) is 0 Å². The maximum Gasteiger partial charge on any atom is 0.195 e. The summed E-state index contributed by atoms with van der Waals surface area (Å²) >= 11 is 8.48. The second-order valence-electron chi connectivity index (χ2n) is 2.96. The molecular formula is C8H10N4S3. The molecule has 0 amide bonds. The molecule has 2 heterocycles. The number of nitrogens with zero attached hydrogens (tertiary/aromatic N) is 3. The Labute approximate surface area is 101 Å². The van der Waals surface area contributed by atoms with Crippen molar-refractivity contribution >= 4 is 35.3 Å². The van der Waals surface area contributed by atoms with Crippen LogP contribution >= 0.6 is 35.3 Å². The van der Waals surface area contributed by atoms with Crippen LogP contribution in [0, 0.1) is 4.77 Å². The van der Waals surface area contributed by atoms with Crippen molar-refractivity contribution in [2.24, 2.45) is 7.05 Å². The second-order valence-corrected chi connectivity index (χ2v) is 5.33. The van der Waals surface area contributed by atoms with Crippen LogP contribution in [-0.2, 0) is 12.8 Å². The number of H-pyrrole nitrogens is 1. The SMILES string of the molecule is CSCc1ncc(-c2n[nH]c(=S)n2C)s1. The lowest BCUT2D eigenvalue weighted by Crippen LogP contribution is -1.89. The lowest BCUT2D eigenvalue weighted by atomic mass is 10.5. The Morgan fingerprint density at radius 3 is 3.07 bits per heavy atom. The van der Waals surface area contributed by atoms with Gasteiger partial charge in [0.15, 0.2) is 10.6 Å². The van der Waals surface area contributed by atoms with Gasteiger partial charge in [0, 0.05) is 19.0 Å². The zero-order valence-electron chi connectivity index (χ0n) is 8.35. The van der Waals surface area contributed by atoms with Crippen molar-refractivity contribution in [2.75, 3.05) is 6.26 Å². The summed E-state index contributed by atoms with van der Waals surface area (Å²) in [5.41, 5.74) is 0. The average Bonchev–Trinajstić information content (AvgIpc) is 2.77. The van der Waals surface area contributed by atoms with Crippen LogP contribution in [-0.4, -0.2) is 26.0 Å². The molecule has 0 bridgehead atoms. The summed E-state index contributed by atoms with van der Waals surface area (Å²) in [5, 5.41) is 8.05. The van der Waals surface area contributed by atoms with E-state index in [0.29, 0.717) is 4.77 Å². The average molecular weight is 258 g/mol. The Morgan fingerprint density at radius 2 is 2.47 bits per heavy atom. The van der Waals surface area contributed by atoms with Gasteiger partial charge in [-0.25, -0.2) is 4.98 Å². The zero-order chi connectivity index (χ0) is 10.8. The highest BCUT2D eigenvalue weighted by Crippen LogP contribution is 2.25. The molecule has 0 atom stereocenters. The van der Waals surface area contributed by atoms with Gasteiger partial charge in [0.2, 0.25) is 0 Å². The van der Waals surface area contributed by atoms with Crippen LogP contribution in [0.25, 0.3) is 10.7 Å². The van der Waals surface area contributed by atoms with E-state index in [1.807, 2.05) is 17.8 Å². The summed E-state index contributed by atoms with van der Waals surface area (Å²) in [6.45, 7) is 0. The van der Waals surface area contributed by atoms with Crippen LogP contribution in [0.3, 0.4) is 0 Å². The fourth-order valence-corrected chi connectivity index (χ4v) is 2.95. The first-order valence-electron chi connectivity index (χ1n) is 4.27. The Balaban J connectivity index is 2.37. The third-order valence-corrected chi connectivity index (χ3v) is 4.02. The first-order chi connectivity index (χ1) is 7.22. The van der Waals surface area contributed by atoms with Gasteiger partial charge >= 0.3 is 0 Å². The molecule has 0 aromatic carbocycles. The topological polar surface area (TPSA) is 46.5 Å². The lowest BCUT2D eigenvalue weighted by molar-refractivity contribution is 0.903. The minimum Gasteiger partial charge on any atom is -0.303 e. The Kier molecular flexibility index (Phi) is 3.22. The van der Waals surface area contributed by atoms with Crippen molar-refractivity contribution in [1.82, 2.24) is 19.7 Å². The summed E-state index contributed by atoms with van der Waals surface area (Å²) in [6.07, 6.45) is 3.91. The van der Waals surface area contributed by atoms with E-state index in [4.69, 9.17) is 12.2 Å². The fourth-order valence-electron chi connectivity index (χ4n) is 1.17. The van der Waals surface area contributed by atoms with E-state index in [-0.39, 0.29) is 0 Å². The number of thioether (sulfide) groups is 1. The monoisotopic (exact) mass is 258 g/mol. The minimum atomic E-state index is 0.629. The highest BCUT2D eigenvalue weighted by Gasteiger charge is 2.09. The number of rotatable bonds is 3. The molecule has 0 saturated heterocycles. The second kappa shape index (κ2) is 4.46. The molecule has 2 aromatic heterocycles. The molecule has 2 rings (SSSR count). The van der Waals surface area contributed by atoms with Crippen molar-refractivity contribution in [3.05, 3.63) is 16.0 Å². The molecule has 4 nitrogen and oxygen atoms in total. The van der Waals surface area contributed by atoms with Gasteiger partial charge in [-0.3, -0.25) is 5.10 Å². The molecule has 0 fully saturated rings. The van der Waals surface area contributed by atoms with Crippen molar-refractivity contribution in [1.29, 1.82) is 0 Å². The molecule has 15 heavy (non-hydrogen) atoms. The van der Waals surface area contributed by atoms with Crippen molar-refractivity contribution in [3.63, 3.8) is 0 Å². The molecule has 1 N–H and O–H groups in total. The maximum absolute atomic E-state index is 5.06. The van der Waals surface area contributed by atoms with Crippen molar-refractivity contribution in [3.8, 4) is 10.7 Å². The largest absolute Gasteiger partial charge is 0.303 e. The van der Waals surface area contributed by atoms with Gasteiger partial charge in [0.1, 0.15) is 5.01 Å². The highest BCUT2D eigenvalue weighted by molar-refractivity contribution is 7.97. The summed E-state index contributed by atoms with van der Waals surface area (Å²) in [5.74, 6) is 1.80. The standard InChI is InChI=1S/C8H10N4S3/c1-12-7(10-11-8(12)13)5-3-9-6(15-5)4-14-2/h3H,4H2,1-2H3,(H,11,13). The zero-order valence-corrected chi connectivity index (χ0v) is 10.8. The Bertz CT molecular complexity index is 510. The quantitative estimate of drug-likeness (QED) is 0.859. The van der Waals surface area contributed by atoms with Crippen LogP contribution in [0.1, 0.15) is 5.01 Å². The third kappa shape index (κ3) is 2.14. The van der Waals surface area contributed by atoms with E-state index >= 15 is 0 Å². The molecule has 2 aromatic rings. The number of nitrogens with one attached hydrogen (secondary N) is 1. The van der Waals surface area contributed by atoms with E-state index in [1.165, 1.54) is 0 Å². The van der Waals surface area contributed by atoms with Crippen molar-refractivity contribution in [2.45, 2.75) is 5.75 Å². The Morgan fingerprint density at radius 1 is 1.67 bits per heavy atom. The first-order valence-corrected chi connectivity index (χ1v) is 6.89. The van der Waals surface area contributed by atoms with Gasteiger partial charge in [-0.2, -0.15) is 16.9 Å². The van der Waals surface area contributed by atoms with Crippen LogP contribution in [0.4, 0.5) is 0 Å². The van der Waals surface area contributed by atoms with Gasteiger partial charge in [0.05, 0.1) is 4.88 Å². The molecule has 0 aliphatic rings. The number of aromatic nitrogens is 4. The normalized spacial score (nSPS) is 10.8. The van der Waals surface area contributed by atoms with E-state index < -0.39 is 0 Å². The van der Waals surface area contributed by atoms with Gasteiger partial charge in [-0.15, -0.1) is 11.3 Å². The summed E-state index contributed by atoms with van der Waals surface area (Å²) in [7, 11) is 1.90. The van der Waals surface area contributed by atoms with Gasteiger partial charge in [0.25, 0.3) is 0 Å². The lowest BCUT2D eigenvalue weighted by Gasteiger charge is -1.93. The van der Waals surface area contributed by atoms with E-state index in [0.717, 1.165) is 21.5 Å². The molecule has 80 valence electrons. The van der Waals surface area contributed by atoms with Crippen LogP contribution < -0.4 is 0 Å². The molecule has 0 saturated carbocycles. The molecule has 7 heteroatoms. The van der Waals surface area contributed by atoms with Crippen LogP contribution in [0.15, 0.2) is 6.20 Å². The number of hydrogen-bond donors (Lipinski definition) is 1. The highest BCUT2D eigenvalue weighted by atomic mass is 32.2. The molecule has 0 aliphatic heterocycles. The maximum atomic E-state index is 5.06. The molecule has 0 aliphatic carbocycles. The van der Waals surface area contributed by atoms with E-state index in [9.17, 15) is 0 Å². The predicted octanol–water partition coefficient (Wildman–Crippen LogP) is 2.46. The molecule has 0 spiro atoms. The Hall–Kier alpha value is -0.660. The van der Waals surface area contributed by atoms with Gasteiger partial charge in [-0.05, 0) is 18.5 Å². The minimum absolute atomic E-state index is 0.629. The van der Waals surface area contributed by atoms with Gasteiger partial charge in [-0.1, -0.05) is 0 Å². The summed E-state index contributed by atoms with van der Waals surface area (Å²) in [6, 6.07) is 0. The molecular weight excluding hydrogens is 248 g/mol. The third-order valence-electron chi connectivity index (χ3n) is 1.92. The summed E-state index contributed by atoms with van der Waals surface area (Å²) < 4.78 is 2.48. The number of thiazole rings is 1. The summed E-state index contributed by atoms with van der Waals surface area (Å²) in [4.78, 5) is 5.38. The molecule has 0 radical (unpaired) electrons. The van der Waals surface area contributed by atoms with Crippen LogP contribution in [0.2, 0.25) is 0 Å². The van der Waals surface area contributed by atoms with Gasteiger partial charge < -0.3 is 4.57 Å². The van der Waals surface area contributed by atoms with E-state index in [1.54, 1.807) is 23.1 Å². The molecule has 0 unspecified atom stereocenters. The van der Waals surface area contributed by atoms with Crippen molar-refractivity contribution < 1.29 is 0 Å². The first kappa shape index (κ1) is 10.8. The van der Waals surface area contributed by atoms with E-state index in [2.05, 4.69) is 21.4 Å². The fraction of sp³-hybridized carbons (Fsp3) is 0.375. The number of aromatic amines is 1. The smallest absolute Gasteiger partial charge is 0.195 e.